The lowest BCUT2D eigenvalue weighted by Gasteiger charge is -1.94. The van der Waals surface area contributed by atoms with Crippen LogP contribution < -0.4 is 5.43 Å². The lowest BCUT2D eigenvalue weighted by Crippen LogP contribution is -2.09. The van der Waals surface area contributed by atoms with Gasteiger partial charge in [0.25, 0.3) is 0 Å². The summed E-state index contributed by atoms with van der Waals surface area (Å²) in [6, 6.07) is 3.70. The molecular formula is C8H7N3O. The molecule has 1 amide bonds. The Balaban J connectivity index is 2.28. The van der Waals surface area contributed by atoms with Crippen LogP contribution in [0.15, 0.2) is 29.6 Å². The van der Waals surface area contributed by atoms with Crippen LogP contribution in [-0.4, -0.2) is 16.6 Å². The fourth-order valence-corrected chi connectivity index (χ4v) is 1.06. The Morgan fingerprint density at radius 2 is 2.42 bits per heavy atom. The monoisotopic (exact) mass is 161 g/mol. The summed E-state index contributed by atoms with van der Waals surface area (Å²) >= 11 is 0. The second-order valence-corrected chi connectivity index (χ2v) is 2.51. The minimum atomic E-state index is -0.0612. The first-order valence-electron chi connectivity index (χ1n) is 3.62. The Labute approximate surface area is 69.3 Å². The summed E-state index contributed by atoms with van der Waals surface area (Å²) in [5.74, 6) is -0.0612. The molecule has 0 saturated carbocycles. The highest BCUT2D eigenvalue weighted by molar-refractivity contribution is 6.13. The van der Waals surface area contributed by atoms with Gasteiger partial charge in [-0.05, 0) is 12.1 Å². The van der Waals surface area contributed by atoms with Gasteiger partial charge in [0.05, 0.1) is 12.1 Å². The lowest BCUT2D eigenvalue weighted by atomic mass is 10.1. The second-order valence-electron chi connectivity index (χ2n) is 2.51. The third-order valence-corrected chi connectivity index (χ3v) is 1.64. The fraction of sp³-hybridized carbons (Fsp3) is 0.125. The summed E-state index contributed by atoms with van der Waals surface area (Å²) in [6.07, 6.45) is 3.74. The van der Waals surface area contributed by atoms with Crippen LogP contribution in [0.2, 0.25) is 0 Å². The van der Waals surface area contributed by atoms with Crippen molar-refractivity contribution in [2.45, 2.75) is 6.42 Å². The van der Waals surface area contributed by atoms with Gasteiger partial charge >= 0.3 is 0 Å². The van der Waals surface area contributed by atoms with Gasteiger partial charge in [-0.3, -0.25) is 9.78 Å². The van der Waals surface area contributed by atoms with E-state index in [1.54, 1.807) is 12.4 Å². The number of nitrogens with zero attached hydrogens (tertiary/aromatic N) is 2. The van der Waals surface area contributed by atoms with Crippen LogP contribution in [0.5, 0.6) is 0 Å². The Morgan fingerprint density at radius 3 is 3.00 bits per heavy atom. The zero-order chi connectivity index (χ0) is 8.39. The quantitative estimate of drug-likeness (QED) is 0.644. The summed E-state index contributed by atoms with van der Waals surface area (Å²) in [5.41, 5.74) is 4.05. The minimum absolute atomic E-state index is 0.0612. The Hall–Kier alpha value is -1.71. The molecule has 0 fully saturated rings. The van der Waals surface area contributed by atoms with Crippen LogP contribution in [0, 0.1) is 0 Å². The molecule has 0 atom stereocenters. The number of hydrogen-bond donors (Lipinski definition) is 1. The molecule has 0 saturated heterocycles. The van der Waals surface area contributed by atoms with E-state index >= 15 is 0 Å². The first-order valence-corrected chi connectivity index (χ1v) is 3.62. The van der Waals surface area contributed by atoms with Crippen LogP contribution in [0.1, 0.15) is 12.0 Å². The van der Waals surface area contributed by atoms with Crippen molar-refractivity contribution >= 4 is 11.6 Å². The van der Waals surface area contributed by atoms with E-state index in [9.17, 15) is 4.79 Å². The summed E-state index contributed by atoms with van der Waals surface area (Å²) < 4.78 is 0. The zero-order valence-corrected chi connectivity index (χ0v) is 6.32. The first-order chi connectivity index (χ1) is 5.86. The Bertz CT molecular complexity index is 331. The van der Waals surface area contributed by atoms with E-state index in [-0.39, 0.29) is 5.91 Å². The molecule has 0 aromatic carbocycles. The van der Waals surface area contributed by atoms with Crippen molar-refractivity contribution in [2.24, 2.45) is 5.10 Å². The largest absolute Gasteiger partial charge is 0.273 e. The molecule has 0 bridgehead atoms. The topological polar surface area (TPSA) is 54.4 Å². The molecule has 2 heterocycles. The van der Waals surface area contributed by atoms with Crippen molar-refractivity contribution in [3.05, 3.63) is 30.1 Å². The third-order valence-electron chi connectivity index (χ3n) is 1.64. The third kappa shape index (κ3) is 1.18. The Morgan fingerprint density at radius 1 is 1.50 bits per heavy atom. The Kier molecular flexibility index (Phi) is 1.59. The van der Waals surface area contributed by atoms with Gasteiger partial charge in [0.15, 0.2) is 0 Å². The molecular weight excluding hydrogens is 154 g/mol. The first kappa shape index (κ1) is 6.97. The average Bonchev–Trinajstić information content (AvgIpc) is 2.54. The highest BCUT2D eigenvalue weighted by Crippen LogP contribution is 2.05. The van der Waals surface area contributed by atoms with E-state index in [0.29, 0.717) is 6.42 Å². The average molecular weight is 161 g/mol. The standard InChI is InChI=1S/C8H7N3O/c12-8-4-7(10-11-8)6-2-1-3-9-5-6/h1-3,5H,4H2,(H,11,12). The predicted molar refractivity (Wildman–Crippen MR) is 43.5 cm³/mol. The maximum atomic E-state index is 10.8. The van der Waals surface area contributed by atoms with Gasteiger partial charge in [-0.2, -0.15) is 5.10 Å². The van der Waals surface area contributed by atoms with Crippen LogP contribution in [0.4, 0.5) is 0 Å². The molecule has 4 heteroatoms. The highest BCUT2D eigenvalue weighted by Gasteiger charge is 2.15. The molecule has 0 unspecified atom stereocenters. The number of amides is 1. The second kappa shape index (κ2) is 2.73. The smallest absolute Gasteiger partial charge is 0.246 e. The molecule has 1 aliphatic heterocycles. The van der Waals surface area contributed by atoms with Gasteiger partial charge in [0.2, 0.25) is 5.91 Å². The van der Waals surface area contributed by atoms with Crippen molar-refractivity contribution in [1.29, 1.82) is 0 Å². The summed E-state index contributed by atoms with van der Waals surface area (Å²) in [7, 11) is 0. The fourth-order valence-electron chi connectivity index (χ4n) is 1.06. The number of nitrogens with one attached hydrogen (secondary N) is 1. The predicted octanol–water partition coefficient (Wildman–Crippen LogP) is 0.306. The summed E-state index contributed by atoms with van der Waals surface area (Å²) in [4.78, 5) is 14.7. The van der Waals surface area contributed by atoms with E-state index in [4.69, 9.17) is 0 Å². The van der Waals surface area contributed by atoms with E-state index in [1.807, 2.05) is 12.1 Å². The van der Waals surface area contributed by atoms with E-state index in [0.717, 1.165) is 11.3 Å². The molecule has 60 valence electrons. The number of carbonyl (C=O) groups excluding carboxylic acids is 1. The number of carbonyl (C=O) groups is 1. The van der Waals surface area contributed by atoms with Gasteiger partial charge < -0.3 is 0 Å². The van der Waals surface area contributed by atoms with Crippen LogP contribution in [0.25, 0.3) is 0 Å². The number of hydrogen-bond acceptors (Lipinski definition) is 3. The molecule has 2 rings (SSSR count). The molecule has 1 N–H and O–H groups in total. The lowest BCUT2D eigenvalue weighted by molar-refractivity contribution is -0.119. The molecule has 0 spiro atoms. The van der Waals surface area contributed by atoms with Crippen molar-refractivity contribution in [1.82, 2.24) is 10.4 Å². The van der Waals surface area contributed by atoms with Crippen LogP contribution >= 0.6 is 0 Å². The molecule has 1 aliphatic rings. The maximum absolute atomic E-state index is 10.8. The highest BCUT2D eigenvalue weighted by atomic mass is 16.2. The molecule has 4 nitrogen and oxygen atoms in total. The molecule has 1 aromatic rings. The number of aromatic nitrogens is 1. The maximum Gasteiger partial charge on any atom is 0.246 e. The molecule has 1 aromatic heterocycles. The molecule has 0 radical (unpaired) electrons. The van der Waals surface area contributed by atoms with Gasteiger partial charge in [-0.25, -0.2) is 5.43 Å². The van der Waals surface area contributed by atoms with Crippen molar-refractivity contribution in [3.8, 4) is 0 Å². The van der Waals surface area contributed by atoms with E-state index in [1.165, 1.54) is 0 Å². The van der Waals surface area contributed by atoms with Crippen molar-refractivity contribution < 1.29 is 4.79 Å². The van der Waals surface area contributed by atoms with Gasteiger partial charge in [-0.15, -0.1) is 0 Å². The zero-order valence-electron chi connectivity index (χ0n) is 6.32. The minimum Gasteiger partial charge on any atom is -0.273 e. The summed E-state index contributed by atoms with van der Waals surface area (Å²) in [6.45, 7) is 0. The number of pyridine rings is 1. The summed E-state index contributed by atoms with van der Waals surface area (Å²) in [5, 5.41) is 3.86. The van der Waals surface area contributed by atoms with E-state index < -0.39 is 0 Å². The van der Waals surface area contributed by atoms with Gasteiger partial charge in [0.1, 0.15) is 0 Å². The van der Waals surface area contributed by atoms with Gasteiger partial charge in [-0.1, -0.05) is 0 Å². The van der Waals surface area contributed by atoms with Crippen LogP contribution in [0.3, 0.4) is 0 Å². The normalized spacial score (nSPS) is 15.7. The SMILES string of the molecule is O=C1CC(c2cccnc2)=NN1. The van der Waals surface area contributed by atoms with E-state index in [2.05, 4.69) is 15.5 Å². The molecule has 12 heavy (non-hydrogen) atoms. The van der Waals surface area contributed by atoms with Crippen LogP contribution in [-0.2, 0) is 4.79 Å². The molecule has 0 aliphatic carbocycles. The number of hydrazone groups is 1. The van der Waals surface area contributed by atoms with Crippen molar-refractivity contribution in [3.63, 3.8) is 0 Å². The van der Waals surface area contributed by atoms with Crippen molar-refractivity contribution in [2.75, 3.05) is 0 Å². The number of rotatable bonds is 1. The van der Waals surface area contributed by atoms with Gasteiger partial charge in [0, 0.05) is 18.0 Å².